The molecule has 154 valence electrons. The molecule has 0 aromatic heterocycles. The minimum Gasteiger partial charge on any atom is -0.493 e. The Morgan fingerprint density at radius 1 is 1.03 bits per heavy atom. The van der Waals surface area contributed by atoms with Crippen LogP contribution >= 0.6 is 0 Å². The first-order chi connectivity index (χ1) is 14.1. The van der Waals surface area contributed by atoms with Gasteiger partial charge >= 0.3 is 0 Å². The summed E-state index contributed by atoms with van der Waals surface area (Å²) in [5, 5.41) is 0. The van der Waals surface area contributed by atoms with Crippen molar-refractivity contribution in [2.75, 3.05) is 41.3 Å². The van der Waals surface area contributed by atoms with Crippen molar-refractivity contribution in [2.45, 2.75) is 6.92 Å². The number of benzene rings is 2. The van der Waals surface area contributed by atoms with Gasteiger partial charge in [0.2, 0.25) is 5.75 Å². The number of hydrogen-bond donors (Lipinski definition) is 0. The van der Waals surface area contributed by atoms with Gasteiger partial charge in [0.25, 0.3) is 0 Å². The molecular weight excluding hydrogens is 376 g/mol. The Bertz CT molecular complexity index is 918. The number of hydrogen-bond acceptors (Lipinski definition) is 7. The molecule has 2 aromatic carbocycles. The first-order valence-electron chi connectivity index (χ1n) is 9.15. The van der Waals surface area contributed by atoms with Gasteiger partial charge in [-0.3, -0.25) is 4.79 Å². The number of Topliss-reactive ketones (excluding diaryl/α,β-unsaturated/α-hetero) is 1. The van der Waals surface area contributed by atoms with E-state index in [0.717, 1.165) is 5.56 Å². The first-order valence-corrected chi connectivity index (χ1v) is 9.15. The van der Waals surface area contributed by atoms with Crippen LogP contribution in [-0.4, -0.2) is 47.1 Å². The van der Waals surface area contributed by atoms with Crippen LogP contribution in [-0.2, 0) is 4.74 Å². The molecule has 0 spiro atoms. The molecule has 0 saturated heterocycles. The number of carbonyl (C=O) groups is 1. The summed E-state index contributed by atoms with van der Waals surface area (Å²) >= 11 is 0. The number of carbonyl (C=O) groups excluding carboxylic acids is 1. The molecule has 0 atom stereocenters. The fourth-order valence-electron chi connectivity index (χ4n) is 3.06. The van der Waals surface area contributed by atoms with E-state index < -0.39 is 0 Å². The Balaban J connectivity index is 2.00. The molecule has 3 rings (SSSR count). The van der Waals surface area contributed by atoms with E-state index in [0.29, 0.717) is 40.7 Å². The van der Waals surface area contributed by atoms with Crippen molar-refractivity contribution >= 4 is 11.9 Å². The molecule has 1 aliphatic heterocycles. The number of rotatable bonds is 8. The van der Waals surface area contributed by atoms with Gasteiger partial charge in [0.15, 0.2) is 24.1 Å². The first kappa shape index (κ1) is 20.5. The number of ether oxygens (including phenoxy) is 6. The van der Waals surface area contributed by atoms with Crippen LogP contribution in [0.15, 0.2) is 35.9 Å². The molecule has 0 saturated carbocycles. The summed E-state index contributed by atoms with van der Waals surface area (Å²) in [6.07, 6.45) is 1.75. The number of para-hydroxylation sites is 1. The van der Waals surface area contributed by atoms with E-state index in [9.17, 15) is 4.79 Å². The summed E-state index contributed by atoms with van der Waals surface area (Å²) < 4.78 is 32.9. The lowest BCUT2D eigenvalue weighted by Gasteiger charge is -2.23. The third-order valence-electron chi connectivity index (χ3n) is 4.45. The van der Waals surface area contributed by atoms with E-state index >= 15 is 0 Å². The van der Waals surface area contributed by atoms with Gasteiger partial charge in [-0.1, -0.05) is 18.2 Å². The zero-order valence-corrected chi connectivity index (χ0v) is 16.9. The fourth-order valence-corrected chi connectivity index (χ4v) is 3.06. The zero-order chi connectivity index (χ0) is 20.8. The predicted molar refractivity (Wildman–Crippen MR) is 107 cm³/mol. The van der Waals surface area contributed by atoms with Crippen LogP contribution in [0.2, 0.25) is 0 Å². The summed E-state index contributed by atoms with van der Waals surface area (Å²) in [6, 6.07) is 9.05. The molecule has 0 radical (unpaired) electrons. The highest BCUT2D eigenvalue weighted by molar-refractivity contribution is 6.16. The Morgan fingerprint density at radius 3 is 2.48 bits per heavy atom. The van der Waals surface area contributed by atoms with Crippen LogP contribution in [0, 0.1) is 0 Å². The highest BCUT2D eigenvalue weighted by atomic mass is 16.7. The van der Waals surface area contributed by atoms with Crippen molar-refractivity contribution < 1.29 is 33.2 Å². The number of fused-ring (bicyclic) bond motifs is 1. The topological polar surface area (TPSA) is 72.5 Å². The van der Waals surface area contributed by atoms with E-state index in [4.69, 9.17) is 28.4 Å². The van der Waals surface area contributed by atoms with Gasteiger partial charge in [-0.25, -0.2) is 0 Å². The van der Waals surface area contributed by atoms with E-state index in [-0.39, 0.29) is 24.9 Å². The summed E-state index contributed by atoms with van der Waals surface area (Å²) in [4.78, 5) is 13.3. The minimum atomic E-state index is -0.205. The van der Waals surface area contributed by atoms with E-state index in [1.165, 1.54) is 21.3 Å². The maximum Gasteiger partial charge on any atom is 0.204 e. The minimum absolute atomic E-state index is 0.115. The van der Waals surface area contributed by atoms with Gasteiger partial charge in [0.05, 0.1) is 21.3 Å². The Labute approximate surface area is 169 Å². The average Bonchev–Trinajstić information content (AvgIpc) is 2.75. The highest BCUT2D eigenvalue weighted by Crippen LogP contribution is 2.47. The Hall–Kier alpha value is -3.19. The second-order valence-electron chi connectivity index (χ2n) is 6.10. The molecule has 0 bridgehead atoms. The van der Waals surface area contributed by atoms with Gasteiger partial charge in [0.1, 0.15) is 23.7 Å². The molecule has 7 heteroatoms. The van der Waals surface area contributed by atoms with Gasteiger partial charge in [-0.15, -0.1) is 0 Å². The van der Waals surface area contributed by atoms with Gasteiger partial charge in [-0.2, -0.15) is 0 Å². The summed E-state index contributed by atoms with van der Waals surface area (Å²) in [6.45, 7) is 2.69. The molecule has 1 heterocycles. The van der Waals surface area contributed by atoms with Crippen LogP contribution in [0.3, 0.4) is 0 Å². The normalized spacial score (nSPS) is 14.2. The maximum absolute atomic E-state index is 13.3. The SMILES string of the molecule is CCOCOc1ccccc1/C=C1\COc2cc(OC)c(OC)c(OC)c2C1=O. The van der Waals surface area contributed by atoms with Crippen LogP contribution in [0.5, 0.6) is 28.7 Å². The van der Waals surface area contributed by atoms with Crippen LogP contribution in [0.25, 0.3) is 6.08 Å². The lowest BCUT2D eigenvalue weighted by atomic mass is 9.96. The largest absolute Gasteiger partial charge is 0.493 e. The molecular formula is C22H24O7. The second-order valence-corrected chi connectivity index (χ2v) is 6.10. The fraction of sp³-hybridized carbons (Fsp3) is 0.318. The quantitative estimate of drug-likeness (QED) is 0.380. The van der Waals surface area contributed by atoms with Gasteiger partial charge in [-0.05, 0) is 19.1 Å². The molecule has 1 aliphatic rings. The van der Waals surface area contributed by atoms with Crippen molar-refractivity contribution in [1.82, 2.24) is 0 Å². The van der Waals surface area contributed by atoms with E-state index in [2.05, 4.69) is 0 Å². The smallest absolute Gasteiger partial charge is 0.204 e. The average molecular weight is 400 g/mol. The van der Waals surface area contributed by atoms with Crippen LogP contribution in [0.1, 0.15) is 22.8 Å². The number of ketones is 1. The molecule has 0 aliphatic carbocycles. The molecule has 2 aromatic rings. The molecule has 0 N–H and O–H groups in total. The third-order valence-corrected chi connectivity index (χ3v) is 4.45. The highest BCUT2D eigenvalue weighted by Gasteiger charge is 2.32. The molecule has 7 nitrogen and oxygen atoms in total. The van der Waals surface area contributed by atoms with E-state index in [1.54, 1.807) is 12.1 Å². The molecule has 0 unspecified atom stereocenters. The van der Waals surface area contributed by atoms with Crippen molar-refractivity contribution in [3.8, 4) is 28.7 Å². The lowest BCUT2D eigenvalue weighted by molar-refractivity contribution is 0.0223. The zero-order valence-electron chi connectivity index (χ0n) is 16.9. The van der Waals surface area contributed by atoms with Crippen molar-refractivity contribution in [2.24, 2.45) is 0 Å². The Morgan fingerprint density at radius 2 is 1.79 bits per heavy atom. The number of methoxy groups -OCH3 is 3. The van der Waals surface area contributed by atoms with Gasteiger partial charge < -0.3 is 28.4 Å². The third kappa shape index (κ3) is 4.14. The van der Waals surface area contributed by atoms with Crippen molar-refractivity contribution in [1.29, 1.82) is 0 Å². The van der Waals surface area contributed by atoms with E-state index in [1.807, 2.05) is 31.2 Å². The van der Waals surface area contributed by atoms with Crippen LogP contribution < -0.4 is 23.7 Å². The van der Waals surface area contributed by atoms with Crippen molar-refractivity contribution in [3.63, 3.8) is 0 Å². The standard InChI is InChI=1S/C22H24O7/c1-5-27-13-29-16-9-7-6-8-14(16)10-15-12-28-17-11-18(24-2)21(25-3)22(26-4)19(17)20(15)23/h6-11H,5,12-13H2,1-4H3/b15-10+. The Kier molecular flexibility index (Phi) is 6.61. The predicted octanol–water partition coefficient (Wildman–Crippen LogP) is 3.74. The monoisotopic (exact) mass is 400 g/mol. The molecule has 0 amide bonds. The molecule has 0 fully saturated rings. The van der Waals surface area contributed by atoms with Crippen LogP contribution in [0.4, 0.5) is 0 Å². The summed E-state index contributed by atoms with van der Waals surface area (Å²) in [5.41, 5.74) is 1.52. The van der Waals surface area contributed by atoms with Crippen molar-refractivity contribution in [3.05, 3.63) is 47.0 Å². The summed E-state index contributed by atoms with van der Waals surface area (Å²) in [7, 11) is 4.47. The lowest BCUT2D eigenvalue weighted by Crippen LogP contribution is -2.20. The summed E-state index contributed by atoms with van der Waals surface area (Å²) in [5.74, 6) is 1.85. The molecule has 29 heavy (non-hydrogen) atoms. The van der Waals surface area contributed by atoms with Gasteiger partial charge in [0, 0.05) is 23.8 Å². The maximum atomic E-state index is 13.3. The second kappa shape index (κ2) is 9.34.